The predicted octanol–water partition coefficient (Wildman–Crippen LogP) is 1.64. The van der Waals surface area contributed by atoms with E-state index in [2.05, 4.69) is 20.9 Å². The Labute approximate surface area is 68.0 Å². The minimum Gasteiger partial charge on any atom is -0.390 e. The number of nitrogens with zero attached hydrogens (tertiary/aromatic N) is 1. The minimum atomic E-state index is 0.000278. The summed E-state index contributed by atoms with van der Waals surface area (Å²) in [5.74, 6) is 0. The highest BCUT2D eigenvalue weighted by Crippen LogP contribution is 2.11. The Morgan fingerprint density at radius 3 is 2.80 bits per heavy atom. The fraction of sp³-hybridized carbons (Fsp3) is 0.286. The van der Waals surface area contributed by atoms with Crippen molar-refractivity contribution in [3.8, 4) is 0 Å². The largest absolute Gasteiger partial charge is 0.390 e. The zero-order chi connectivity index (χ0) is 7.56. The highest BCUT2D eigenvalue weighted by Gasteiger charge is 1.94. The lowest BCUT2D eigenvalue weighted by atomic mass is 10.3. The van der Waals surface area contributed by atoms with Crippen LogP contribution in [-0.4, -0.2) is 10.1 Å². The molecule has 2 nitrogen and oxygen atoms in total. The van der Waals surface area contributed by atoms with Crippen LogP contribution >= 0.6 is 15.9 Å². The first-order valence-corrected chi connectivity index (χ1v) is 3.75. The van der Waals surface area contributed by atoms with Gasteiger partial charge in [-0.3, -0.25) is 4.98 Å². The lowest BCUT2D eigenvalue weighted by Crippen LogP contribution is -1.90. The van der Waals surface area contributed by atoms with Crippen LogP contribution in [0.3, 0.4) is 0 Å². The second kappa shape index (κ2) is 3.12. The maximum absolute atomic E-state index is 8.70. The normalized spacial score (nSPS) is 9.90. The van der Waals surface area contributed by atoms with E-state index in [1.54, 1.807) is 6.07 Å². The minimum absolute atomic E-state index is 0.000278. The van der Waals surface area contributed by atoms with Gasteiger partial charge in [-0.2, -0.15) is 0 Å². The van der Waals surface area contributed by atoms with Crippen LogP contribution < -0.4 is 0 Å². The van der Waals surface area contributed by atoms with Crippen LogP contribution in [0, 0.1) is 6.92 Å². The van der Waals surface area contributed by atoms with Crippen molar-refractivity contribution in [2.45, 2.75) is 13.5 Å². The molecule has 0 aliphatic rings. The molecule has 0 amide bonds. The van der Waals surface area contributed by atoms with Crippen molar-refractivity contribution in [3.05, 3.63) is 28.0 Å². The summed E-state index contributed by atoms with van der Waals surface area (Å²) in [5.41, 5.74) is 1.62. The Kier molecular flexibility index (Phi) is 2.40. The molecule has 0 radical (unpaired) electrons. The first-order chi connectivity index (χ1) is 4.72. The third kappa shape index (κ3) is 1.78. The van der Waals surface area contributed by atoms with Gasteiger partial charge in [-0.05, 0) is 19.1 Å². The summed E-state index contributed by atoms with van der Waals surface area (Å²) in [6, 6.07) is 3.70. The van der Waals surface area contributed by atoms with E-state index in [4.69, 9.17) is 5.11 Å². The maximum atomic E-state index is 8.70. The average molecular weight is 202 g/mol. The number of hydrogen-bond acceptors (Lipinski definition) is 2. The number of aliphatic hydroxyl groups excluding tert-OH is 1. The van der Waals surface area contributed by atoms with E-state index >= 15 is 0 Å². The zero-order valence-corrected chi connectivity index (χ0v) is 7.22. The van der Waals surface area contributed by atoms with Gasteiger partial charge >= 0.3 is 0 Å². The fourth-order valence-corrected chi connectivity index (χ4v) is 1.37. The Bertz CT molecular complexity index is 217. The molecule has 0 aliphatic heterocycles. The Balaban J connectivity index is 3.06. The summed E-state index contributed by atoms with van der Waals surface area (Å²) in [4.78, 5) is 4.07. The third-order valence-electron chi connectivity index (χ3n) is 1.13. The summed E-state index contributed by atoms with van der Waals surface area (Å²) in [6.07, 6.45) is 0. The van der Waals surface area contributed by atoms with E-state index < -0.39 is 0 Å². The van der Waals surface area contributed by atoms with Crippen molar-refractivity contribution in [1.29, 1.82) is 0 Å². The second-order valence-electron chi connectivity index (χ2n) is 2.08. The van der Waals surface area contributed by atoms with Gasteiger partial charge in [-0.25, -0.2) is 0 Å². The number of hydrogen-bond donors (Lipinski definition) is 1. The number of halogens is 1. The van der Waals surface area contributed by atoms with E-state index in [1.807, 2.05) is 13.0 Å². The molecule has 0 spiro atoms. The molecule has 0 saturated heterocycles. The number of rotatable bonds is 1. The molecule has 1 aromatic rings. The molecule has 0 bridgehead atoms. The molecule has 1 heterocycles. The van der Waals surface area contributed by atoms with Crippen LogP contribution in [0.15, 0.2) is 16.6 Å². The molecule has 1 N–H and O–H groups in total. The zero-order valence-electron chi connectivity index (χ0n) is 5.63. The van der Waals surface area contributed by atoms with Gasteiger partial charge in [-0.15, -0.1) is 0 Å². The van der Waals surface area contributed by atoms with Crippen molar-refractivity contribution < 1.29 is 5.11 Å². The molecular weight excluding hydrogens is 194 g/mol. The number of aromatic nitrogens is 1. The first kappa shape index (κ1) is 7.69. The van der Waals surface area contributed by atoms with Crippen molar-refractivity contribution in [2.24, 2.45) is 0 Å². The lowest BCUT2D eigenvalue weighted by molar-refractivity contribution is 0.276. The second-order valence-corrected chi connectivity index (χ2v) is 2.99. The van der Waals surface area contributed by atoms with Crippen molar-refractivity contribution in [1.82, 2.24) is 4.98 Å². The molecule has 10 heavy (non-hydrogen) atoms. The highest BCUT2D eigenvalue weighted by atomic mass is 79.9. The molecule has 0 aromatic carbocycles. The van der Waals surface area contributed by atoms with Crippen LogP contribution in [-0.2, 0) is 6.61 Å². The van der Waals surface area contributed by atoms with Crippen LogP contribution in [0.25, 0.3) is 0 Å². The Morgan fingerprint density at radius 2 is 2.30 bits per heavy atom. The predicted molar refractivity (Wildman–Crippen MR) is 42.6 cm³/mol. The number of aryl methyl sites for hydroxylation is 1. The van der Waals surface area contributed by atoms with Gasteiger partial charge in [0.25, 0.3) is 0 Å². The standard InChI is InChI=1S/C7H8BrNO/c1-5-2-6(8)3-7(4-10)9-5/h2-3,10H,4H2,1H3. The van der Waals surface area contributed by atoms with E-state index in [9.17, 15) is 0 Å². The van der Waals surface area contributed by atoms with E-state index in [1.165, 1.54) is 0 Å². The van der Waals surface area contributed by atoms with Gasteiger partial charge in [0.1, 0.15) is 0 Å². The summed E-state index contributed by atoms with van der Waals surface area (Å²) < 4.78 is 0.962. The van der Waals surface area contributed by atoms with Crippen molar-refractivity contribution in [2.75, 3.05) is 0 Å². The van der Waals surface area contributed by atoms with Crippen molar-refractivity contribution >= 4 is 15.9 Å². The topological polar surface area (TPSA) is 33.1 Å². The van der Waals surface area contributed by atoms with Gasteiger partial charge in [0.2, 0.25) is 0 Å². The molecule has 54 valence electrons. The number of pyridine rings is 1. The van der Waals surface area contributed by atoms with Crippen LogP contribution in [0.2, 0.25) is 0 Å². The molecule has 0 atom stereocenters. The molecule has 0 saturated carbocycles. The summed E-state index contributed by atoms with van der Waals surface area (Å²) in [7, 11) is 0. The smallest absolute Gasteiger partial charge is 0.0853 e. The number of aliphatic hydroxyl groups is 1. The Morgan fingerprint density at radius 1 is 1.60 bits per heavy atom. The van der Waals surface area contributed by atoms with Gasteiger partial charge in [-0.1, -0.05) is 15.9 Å². The highest BCUT2D eigenvalue weighted by molar-refractivity contribution is 9.10. The molecule has 1 rings (SSSR count). The van der Waals surface area contributed by atoms with E-state index in [0.717, 1.165) is 10.2 Å². The Hall–Kier alpha value is -0.410. The monoisotopic (exact) mass is 201 g/mol. The molecular formula is C7H8BrNO. The van der Waals surface area contributed by atoms with Gasteiger partial charge in [0, 0.05) is 10.2 Å². The van der Waals surface area contributed by atoms with Crippen LogP contribution in [0.4, 0.5) is 0 Å². The third-order valence-corrected chi connectivity index (χ3v) is 1.59. The molecule has 0 unspecified atom stereocenters. The summed E-state index contributed by atoms with van der Waals surface area (Å²) in [5, 5.41) is 8.70. The van der Waals surface area contributed by atoms with Gasteiger partial charge < -0.3 is 5.11 Å². The maximum Gasteiger partial charge on any atom is 0.0853 e. The average Bonchev–Trinajstić information content (AvgIpc) is 1.85. The molecule has 3 heteroatoms. The quantitative estimate of drug-likeness (QED) is 0.750. The summed E-state index contributed by atoms with van der Waals surface area (Å²) >= 11 is 3.30. The van der Waals surface area contributed by atoms with Crippen LogP contribution in [0.5, 0.6) is 0 Å². The van der Waals surface area contributed by atoms with Crippen molar-refractivity contribution in [3.63, 3.8) is 0 Å². The molecule has 0 aliphatic carbocycles. The van der Waals surface area contributed by atoms with E-state index in [0.29, 0.717) is 5.69 Å². The van der Waals surface area contributed by atoms with Crippen LogP contribution in [0.1, 0.15) is 11.4 Å². The SMILES string of the molecule is Cc1cc(Br)cc(CO)n1. The first-order valence-electron chi connectivity index (χ1n) is 2.96. The van der Waals surface area contributed by atoms with Gasteiger partial charge in [0.15, 0.2) is 0 Å². The fourth-order valence-electron chi connectivity index (χ4n) is 0.772. The van der Waals surface area contributed by atoms with Gasteiger partial charge in [0.05, 0.1) is 12.3 Å². The lowest BCUT2D eigenvalue weighted by Gasteiger charge is -1.97. The summed E-state index contributed by atoms with van der Waals surface area (Å²) in [6.45, 7) is 1.89. The van der Waals surface area contributed by atoms with E-state index in [-0.39, 0.29) is 6.61 Å². The molecule has 0 fully saturated rings. The molecule has 1 aromatic heterocycles.